The maximum Gasteiger partial charge on any atom is 0.255 e. The van der Waals surface area contributed by atoms with Crippen LogP contribution in [0.15, 0.2) is 18.2 Å². The maximum absolute atomic E-state index is 11.9. The lowest BCUT2D eigenvalue weighted by Gasteiger charge is -2.20. The van der Waals surface area contributed by atoms with Crippen molar-refractivity contribution in [1.29, 1.82) is 0 Å². The van der Waals surface area contributed by atoms with Crippen LogP contribution < -0.4 is 5.32 Å². The monoisotopic (exact) mass is 237 g/mol. The molecule has 0 fully saturated rings. The van der Waals surface area contributed by atoms with Crippen LogP contribution in [0.3, 0.4) is 0 Å². The molecule has 1 amide bonds. The molecule has 2 atom stereocenters. The Morgan fingerprint density at radius 2 is 2.00 bits per heavy atom. The molecule has 4 nitrogen and oxygen atoms in total. The summed E-state index contributed by atoms with van der Waals surface area (Å²) in [5.41, 5.74) is 0.0974. The van der Waals surface area contributed by atoms with Crippen LogP contribution in [0.2, 0.25) is 0 Å². The van der Waals surface area contributed by atoms with Gasteiger partial charge in [0.1, 0.15) is 0 Å². The lowest BCUT2D eigenvalue weighted by molar-refractivity contribution is 0.0924. The fourth-order valence-corrected chi connectivity index (χ4v) is 1.49. The number of hydrogen-bond acceptors (Lipinski definition) is 3. The van der Waals surface area contributed by atoms with Gasteiger partial charge in [-0.2, -0.15) is 0 Å². The molecule has 94 valence electrons. The van der Waals surface area contributed by atoms with E-state index in [-0.39, 0.29) is 29.0 Å². The number of aromatic hydroxyl groups is 2. The Hall–Kier alpha value is -1.71. The number of nitrogens with one attached hydrogen (secondary N) is 1. The average molecular weight is 237 g/mol. The predicted octanol–water partition coefficient (Wildman–Crippen LogP) is 2.26. The lowest BCUT2D eigenvalue weighted by Crippen LogP contribution is -2.36. The molecule has 0 aromatic heterocycles. The molecule has 0 heterocycles. The molecule has 1 aromatic rings. The van der Waals surface area contributed by atoms with Crippen molar-refractivity contribution in [3.63, 3.8) is 0 Å². The van der Waals surface area contributed by atoms with E-state index in [1.54, 1.807) is 0 Å². The molecule has 2 unspecified atom stereocenters. The summed E-state index contributed by atoms with van der Waals surface area (Å²) in [6.07, 6.45) is 0.966. The largest absolute Gasteiger partial charge is 0.504 e. The summed E-state index contributed by atoms with van der Waals surface area (Å²) in [5, 5.41) is 21.7. The number of benzene rings is 1. The predicted molar refractivity (Wildman–Crippen MR) is 66.2 cm³/mol. The zero-order valence-corrected chi connectivity index (χ0v) is 10.4. The third kappa shape index (κ3) is 3.12. The van der Waals surface area contributed by atoms with Crippen molar-refractivity contribution in [1.82, 2.24) is 5.32 Å². The minimum Gasteiger partial charge on any atom is -0.504 e. The summed E-state index contributed by atoms with van der Waals surface area (Å²) in [4.78, 5) is 11.9. The fourth-order valence-electron chi connectivity index (χ4n) is 1.49. The minimum absolute atomic E-state index is 0.0225. The van der Waals surface area contributed by atoms with Gasteiger partial charge in [-0.1, -0.05) is 26.3 Å². The zero-order chi connectivity index (χ0) is 13.0. The van der Waals surface area contributed by atoms with Crippen LogP contribution in [0.25, 0.3) is 0 Å². The number of carbonyl (C=O) groups excluding carboxylic acids is 1. The van der Waals surface area contributed by atoms with E-state index >= 15 is 0 Å². The van der Waals surface area contributed by atoms with Crippen molar-refractivity contribution >= 4 is 5.91 Å². The van der Waals surface area contributed by atoms with Gasteiger partial charge in [0.15, 0.2) is 11.5 Å². The first kappa shape index (κ1) is 13.4. The Morgan fingerprint density at radius 1 is 1.35 bits per heavy atom. The highest BCUT2D eigenvalue weighted by molar-refractivity contribution is 5.97. The van der Waals surface area contributed by atoms with Crippen LogP contribution in [0, 0.1) is 5.92 Å². The Balaban J connectivity index is 2.80. The Kier molecular flexibility index (Phi) is 4.37. The zero-order valence-electron chi connectivity index (χ0n) is 10.4. The number of amides is 1. The van der Waals surface area contributed by atoms with Crippen molar-refractivity contribution in [2.24, 2.45) is 5.92 Å². The van der Waals surface area contributed by atoms with Crippen LogP contribution in [0.4, 0.5) is 0 Å². The average Bonchev–Trinajstić information content (AvgIpc) is 2.31. The number of para-hydroxylation sites is 1. The molecule has 0 radical (unpaired) electrons. The van der Waals surface area contributed by atoms with Crippen LogP contribution in [-0.4, -0.2) is 22.2 Å². The first-order valence-corrected chi connectivity index (χ1v) is 5.79. The summed E-state index contributed by atoms with van der Waals surface area (Å²) < 4.78 is 0. The molecule has 0 saturated heterocycles. The molecular formula is C13H19NO3. The van der Waals surface area contributed by atoms with Gasteiger partial charge in [0.25, 0.3) is 5.91 Å². The Morgan fingerprint density at radius 3 is 2.59 bits per heavy atom. The van der Waals surface area contributed by atoms with Gasteiger partial charge >= 0.3 is 0 Å². The van der Waals surface area contributed by atoms with Gasteiger partial charge in [0, 0.05) is 6.04 Å². The maximum atomic E-state index is 11.9. The number of phenolic OH excluding ortho intramolecular Hbond substituents is 2. The molecular weight excluding hydrogens is 218 g/mol. The quantitative estimate of drug-likeness (QED) is 0.703. The van der Waals surface area contributed by atoms with Gasteiger partial charge < -0.3 is 15.5 Å². The fraction of sp³-hybridized carbons (Fsp3) is 0.462. The number of hydrogen-bond donors (Lipinski definition) is 3. The highest BCUT2D eigenvalue weighted by atomic mass is 16.3. The van der Waals surface area contributed by atoms with E-state index in [0.29, 0.717) is 5.92 Å². The van der Waals surface area contributed by atoms with Gasteiger partial charge in [0.2, 0.25) is 0 Å². The van der Waals surface area contributed by atoms with Crippen molar-refractivity contribution in [2.75, 3.05) is 0 Å². The van der Waals surface area contributed by atoms with Gasteiger partial charge in [-0.25, -0.2) is 0 Å². The van der Waals surface area contributed by atoms with E-state index in [1.807, 2.05) is 13.8 Å². The molecule has 0 aliphatic heterocycles. The van der Waals surface area contributed by atoms with Gasteiger partial charge in [-0.3, -0.25) is 4.79 Å². The third-order valence-electron chi connectivity index (χ3n) is 3.12. The van der Waals surface area contributed by atoms with Crippen LogP contribution >= 0.6 is 0 Å². The van der Waals surface area contributed by atoms with Crippen LogP contribution in [0.5, 0.6) is 11.5 Å². The van der Waals surface area contributed by atoms with Crippen LogP contribution in [-0.2, 0) is 0 Å². The Bertz CT molecular complexity index is 404. The SMILES string of the molecule is CCC(C)C(C)NC(=O)c1cccc(O)c1O. The topological polar surface area (TPSA) is 69.6 Å². The molecule has 17 heavy (non-hydrogen) atoms. The summed E-state index contributed by atoms with van der Waals surface area (Å²) in [7, 11) is 0. The molecule has 3 N–H and O–H groups in total. The second kappa shape index (κ2) is 5.57. The third-order valence-corrected chi connectivity index (χ3v) is 3.12. The summed E-state index contributed by atoms with van der Waals surface area (Å²) >= 11 is 0. The van der Waals surface area contributed by atoms with E-state index in [0.717, 1.165) is 6.42 Å². The van der Waals surface area contributed by atoms with E-state index < -0.39 is 0 Å². The molecule has 0 aliphatic carbocycles. The van der Waals surface area contributed by atoms with Crippen molar-refractivity contribution in [3.8, 4) is 11.5 Å². The smallest absolute Gasteiger partial charge is 0.255 e. The molecule has 0 saturated carbocycles. The lowest BCUT2D eigenvalue weighted by atomic mass is 10.0. The molecule has 0 aliphatic rings. The van der Waals surface area contributed by atoms with Gasteiger partial charge in [-0.05, 0) is 25.0 Å². The minimum atomic E-state index is -0.374. The van der Waals surface area contributed by atoms with Crippen molar-refractivity contribution in [3.05, 3.63) is 23.8 Å². The Labute approximate surface area is 101 Å². The summed E-state index contributed by atoms with van der Waals surface area (Å²) in [5.74, 6) is -0.667. The van der Waals surface area contributed by atoms with Crippen molar-refractivity contribution < 1.29 is 15.0 Å². The van der Waals surface area contributed by atoms with E-state index in [4.69, 9.17) is 0 Å². The molecule has 1 aromatic carbocycles. The first-order chi connectivity index (χ1) is 7.97. The molecule has 0 spiro atoms. The van der Waals surface area contributed by atoms with Gasteiger partial charge in [-0.15, -0.1) is 0 Å². The highest BCUT2D eigenvalue weighted by Crippen LogP contribution is 2.28. The number of carbonyl (C=O) groups is 1. The molecule has 0 bridgehead atoms. The number of rotatable bonds is 4. The molecule has 4 heteroatoms. The summed E-state index contributed by atoms with van der Waals surface area (Å²) in [6, 6.07) is 4.37. The molecule has 1 rings (SSSR count). The second-order valence-corrected chi connectivity index (χ2v) is 4.32. The van der Waals surface area contributed by atoms with E-state index in [1.165, 1.54) is 18.2 Å². The van der Waals surface area contributed by atoms with Crippen molar-refractivity contribution in [2.45, 2.75) is 33.2 Å². The highest BCUT2D eigenvalue weighted by Gasteiger charge is 2.18. The number of phenols is 2. The normalized spacial score (nSPS) is 14.1. The second-order valence-electron chi connectivity index (χ2n) is 4.32. The van der Waals surface area contributed by atoms with Gasteiger partial charge in [0.05, 0.1) is 5.56 Å². The van der Waals surface area contributed by atoms with E-state index in [9.17, 15) is 15.0 Å². The van der Waals surface area contributed by atoms with Crippen LogP contribution in [0.1, 0.15) is 37.6 Å². The van der Waals surface area contributed by atoms with E-state index in [2.05, 4.69) is 12.2 Å². The standard InChI is InChI=1S/C13H19NO3/c1-4-8(2)9(3)14-13(17)10-6-5-7-11(15)12(10)16/h5-9,15-16H,4H2,1-3H3,(H,14,17). The first-order valence-electron chi connectivity index (χ1n) is 5.79. The summed E-state index contributed by atoms with van der Waals surface area (Å²) in [6.45, 7) is 6.03.